The van der Waals surface area contributed by atoms with Gasteiger partial charge in [-0.1, -0.05) is 0 Å². The number of rotatable bonds is 0. The normalized spacial score (nSPS) is 0. The van der Waals surface area contributed by atoms with Gasteiger partial charge in [0.15, 0.2) is 0 Å². The molecule has 0 bridgehead atoms. The van der Waals surface area contributed by atoms with Crippen molar-refractivity contribution >= 4 is 205 Å². The van der Waals surface area contributed by atoms with Gasteiger partial charge < -0.3 is 0 Å². The van der Waals surface area contributed by atoms with E-state index in [2.05, 4.69) is 0 Å². The van der Waals surface area contributed by atoms with Crippen molar-refractivity contribution in [1.29, 1.82) is 0 Å². The Morgan fingerprint density at radius 3 is 1.00 bits per heavy atom. The first-order chi connectivity index (χ1) is 0. The Kier molecular flexibility index (Phi) is 1300. The van der Waals surface area contributed by atoms with Crippen LogP contribution in [0.2, 0.25) is 0 Å². The van der Waals surface area contributed by atoms with Gasteiger partial charge >= 0.3 is 58.2 Å². The Hall–Kier alpha value is 20.3. The fraction of sp³-hybridized carbons (Fsp3) is 0. The summed E-state index contributed by atoms with van der Waals surface area (Å²) in [6.45, 7) is 0. The molecule has 0 amide bonds. The topological polar surface area (TPSA) is 0 Å². The minimum absolute atomic E-state index is 0. The Morgan fingerprint density at radius 1 is 1.00 bits per heavy atom. The molecule has 23 radical (unpaired) electrons. The Labute approximate surface area is 601 Å². The summed E-state index contributed by atoms with van der Waals surface area (Å²) >= 11 is 0. The first-order valence-electron chi connectivity index (χ1n) is 0. The maximum atomic E-state index is 0. The molecular weight excluding hydrogens is 2810 g/mol. The quantitative estimate of drug-likeness (QED) is 0.217. The molecule has 0 atom stereocenters. The molecule has 0 aromatic rings. The molecule has 0 aliphatic rings. The van der Waals surface area contributed by atoms with Gasteiger partial charge in [0.2, 0.25) is 0 Å². The minimum Gasteiger partial charge on any atom is 0 e. The van der Waals surface area contributed by atoms with Crippen molar-refractivity contribution in [1.82, 2.24) is 0 Å². The average Bonchev–Trinajstić information content (AvgIpc) is 0. The van der Waals surface area contributed by atoms with Crippen molar-refractivity contribution in [2.24, 2.45) is 0 Å². The van der Waals surface area contributed by atoms with Crippen molar-refractivity contribution in [3.8, 4) is 0 Å². The van der Waals surface area contributed by atoms with Crippen LogP contribution in [-0.4, -0.2) is 205 Å². The van der Waals surface area contributed by atoms with Crippen LogP contribution in [0.25, 0.3) is 0 Å². The van der Waals surface area contributed by atoms with E-state index in [1.807, 2.05) is 0 Å². The van der Waals surface area contributed by atoms with Gasteiger partial charge in [-0.2, -0.15) is 0 Å². The average molecular weight is 2810 g/mol. The summed E-state index contributed by atoms with van der Waals surface area (Å²) in [6.07, 6.45) is 0. The van der Waals surface area contributed by atoms with E-state index in [4.69, 9.17) is 0 Å². The van der Waals surface area contributed by atoms with Crippen molar-refractivity contribution in [3.63, 3.8) is 0 Å². The van der Waals surface area contributed by atoms with Crippen LogP contribution in [0, 0.1) is 234 Å². The maximum absolute atomic E-state index is 0. The standard InChI is InChI=1S/BH3.Bi.Ce.Er.Hf.In.La.Mo.Nb.Nd.Rb.Sb.Sc.Si.Sn.Ta.Tb.Th.Tl.W.Zn.Zr.H/h1H3;;;;;;;;;;;;;;;;;;;;;;. The molecule has 0 rings (SSSR count). The SMILES string of the molecule is B.[Bi].[Ce].[Er].[Hf].[In].[La].[Mo].[Nb].[Nd].[RbH].[Sb].[Sc].[Si].[Sn].[Ta].[Tb].[Th].[Tl].[W].[Zn].[Zr]. The van der Waals surface area contributed by atoms with Gasteiger partial charge in [0, 0.05) is 557 Å². The van der Waals surface area contributed by atoms with Crippen molar-refractivity contribution < 1.29 is 418 Å². The third-order valence-corrected chi connectivity index (χ3v) is 0. The largest absolute Gasteiger partial charge is 0 e. The van der Waals surface area contributed by atoms with Crippen LogP contribution in [0.15, 0.2) is 0 Å². The summed E-state index contributed by atoms with van der Waals surface area (Å²) in [5.74, 6) is 0. The van der Waals surface area contributed by atoms with Crippen molar-refractivity contribution in [2.45, 2.75) is 0 Å². The summed E-state index contributed by atoms with van der Waals surface area (Å²) < 4.78 is 0. The van der Waals surface area contributed by atoms with Gasteiger partial charge in [0.05, 0.1) is 8.41 Å². The van der Waals surface area contributed by atoms with Gasteiger partial charge in [-0.25, -0.2) is 0 Å². The smallest absolute Gasteiger partial charge is 0 e. The fourth-order valence-corrected chi connectivity index (χ4v) is 0. The first-order valence-corrected chi connectivity index (χ1v) is 0. The second-order valence-electron chi connectivity index (χ2n) is 0. The molecule has 0 nitrogen and oxygen atoms in total. The van der Waals surface area contributed by atoms with Gasteiger partial charge in [-0.3, -0.25) is 0 Å². The summed E-state index contributed by atoms with van der Waals surface area (Å²) in [5.41, 5.74) is 0. The molecule has 0 aromatic carbocycles. The minimum atomic E-state index is 0. The molecule has 0 saturated carbocycles. The maximum Gasteiger partial charge on any atom is 0 e. The van der Waals surface area contributed by atoms with Crippen LogP contribution >= 0.6 is 0 Å². The van der Waals surface area contributed by atoms with E-state index >= 15 is 0 Å². The molecule has 22 heteroatoms. The van der Waals surface area contributed by atoms with E-state index in [-0.39, 0.29) is 624 Å². The van der Waals surface area contributed by atoms with Crippen molar-refractivity contribution in [3.05, 3.63) is 0 Å². The predicted molar refractivity (Wildman–Crippen MR) is 51.6 cm³/mol. The fourth-order valence-electron chi connectivity index (χ4n) is 0. The van der Waals surface area contributed by atoms with Crippen LogP contribution in [0.3, 0.4) is 0 Å². The summed E-state index contributed by atoms with van der Waals surface area (Å²) in [4.78, 5) is 0. The molecule has 0 N–H and O–H groups in total. The van der Waals surface area contributed by atoms with E-state index in [1.54, 1.807) is 0 Å². The molecule has 22 heavy (non-hydrogen) atoms. The van der Waals surface area contributed by atoms with Crippen molar-refractivity contribution in [2.75, 3.05) is 0 Å². The molecule has 0 aliphatic carbocycles. The summed E-state index contributed by atoms with van der Waals surface area (Å²) in [5, 5.41) is 0. The van der Waals surface area contributed by atoms with E-state index in [0.717, 1.165) is 0 Å². The van der Waals surface area contributed by atoms with Gasteiger partial charge in [0.25, 0.3) is 0 Å². The van der Waals surface area contributed by atoms with Crippen LogP contribution in [0.5, 0.6) is 0 Å². The van der Waals surface area contributed by atoms with Gasteiger partial charge in [0.1, 0.15) is 0 Å². The summed E-state index contributed by atoms with van der Waals surface area (Å²) in [7, 11) is 0. The molecule has 0 heterocycles. The van der Waals surface area contributed by atoms with Gasteiger partial charge in [-0.15, -0.1) is 0 Å². The molecule has 0 fully saturated rings. The molecule has 0 aromatic heterocycles. The molecular formula is H4BBiCeErHfInLaMoNbNdRbSbScSiSnTaTbThTlWZnZr. The monoisotopic (exact) mass is 2810 g/mol. The van der Waals surface area contributed by atoms with E-state index in [9.17, 15) is 0 Å². The Bertz CT molecular complexity index is 98.1. The zero-order chi connectivity index (χ0) is 0. The Morgan fingerprint density at radius 2 is 1.00 bits per heavy atom. The third kappa shape index (κ3) is 151. The molecule has 0 unspecified atom stereocenters. The van der Waals surface area contributed by atoms with Crippen LogP contribution in [-0.2, 0) is 184 Å². The zero-order valence-electron chi connectivity index (χ0n) is 9.74. The predicted octanol–water partition coefficient (Wildman–Crippen LogP) is -4.14. The van der Waals surface area contributed by atoms with E-state index < -0.39 is 0 Å². The summed E-state index contributed by atoms with van der Waals surface area (Å²) in [6, 6.07) is 0. The van der Waals surface area contributed by atoms with Crippen LogP contribution in [0.1, 0.15) is 0 Å². The second kappa shape index (κ2) is 163. The van der Waals surface area contributed by atoms with Crippen LogP contribution in [0.4, 0.5) is 0 Å². The van der Waals surface area contributed by atoms with Gasteiger partial charge in [-0.05, 0) is 0 Å². The van der Waals surface area contributed by atoms with Crippen LogP contribution < -0.4 is 0 Å². The molecule has 0 aliphatic heterocycles. The van der Waals surface area contributed by atoms with E-state index in [1.165, 1.54) is 0 Å². The van der Waals surface area contributed by atoms with E-state index in [0.29, 0.717) is 0 Å². The second-order valence-corrected chi connectivity index (χ2v) is 0. The Balaban J connectivity index is 0. The molecule has 103 valence electrons. The zero-order valence-corrected chi connectivity index (χ0v) is 66.7. The number of hydrogen-bond donors (Lipinski definition) is 0. The molecule has 0 spiro atoms. The number of hydrogen-bond acceptors (Lipinski definition) is 0. The first kappa shape index (κ1) is 175. The molecule has 0 saturated heterocycles. The third-order valence-electron chi connectivity index (χ3n) is 0.